The third-order valence-electron chi connectivity index (χ3n) is 2.08. The Morgan fingerprint density at radius 3 is 2.39 bits per heavy atom. The van der Waals surface area contributed by atoms with Crippen LogP contribution < -0.4 is 0 Å². The molecule has 0 aliphatic carbocycles. The largest absolute Gasteiger partial charge is 0.463 e. The van der Waals surface area contributed by atoms with Gasteiger partial charge in [-0.25, -0.2) is 4.79 Å². The lowest BCUT2D eigenvalue weighted by atomic mass is 10.1. The fraction of sp³-hybridized carbons (Fsp3) is 0.154. The SMILES string of the molecule is COC(=O)C(=O)CC(=O)/C=C/c1ccc(Cl)cc1. The first-order chi connectivity index (χ1) is 8.52. The van der Waals surface area contributed by atoms with Crippen molar-refractivity contribution in [2.75, 3.05) is 7.11 Å². The summed E-state index contributed by atoms with van der Waals surface area (Å²) < 4.78 is 4.21. The lowest BCUT2D eigenvalue weighted by Gasteiger charge is -1.96. The van der Waals surface area contributed by atoms with Crippen LogP contribution in [0.1, 0.15) is 12.0 Å². The summed E-state index contributed by atoms with van der Waals surface area (Å²) in [5.41, 5.74) is 0.776. The topological polar surface area (TPSA) is 60.4 Å². The van der Waals surface area contributed by atoms with Crippen molar-refractivity contribution in [2.45, 2.75) is 6.42 Å². The van der Waals surface area contributed by atoms with E-state index in [4.69, 9.17) is 11.6 Å². The number of hydrogen-bond acceptors (Lipinski definition) is 4. The lowest BCUT2D eigenvalue weighted by molar-refractivity contribution is -0.152. The van der Waals surface area contributed by atoms with Crippen LogP contribution in [0.5, 0.6) is 0 Å². The first-order valence-electron chi connectivity index (χ1n) is 5.10. The molecule has 0 unspecified atom stereocenters. The highest BCUT2D eigenvalue weighted by Gasteiger charge is 2.16. The van der Waals surface area contributed by atoms with E-state index in [-0.39, 0.29) is 0 Å². The maximum atomic E-state index is 11.4. The summed E-state index contributed by atoms with van der Waals surface area (Å²) in [7, 11) is 1.09. The quantitative estimate of drug-likeness (QED) is 0.354. The number of hydrogen-bond donors (Lipinski definition) is 0. The number of methoxy groups -OCH3 is 1. The molecule has 0 radical (unpaired) electrons. The van der Waals surface area contributed by atoms with Crippen LogP contribution in [0.4, 0.5) is 0 Å². The number of rotatable bonds is 5. The van der Waals surface area contributed by atoms with Gasteiger partial charge in [0.05, 0.1) is 13.5 Å². The van der Waals surface area contributed by atoms with Gasteiger partial charge in [0.15, 0.2) is 5.78 Å². The van der Waals surface area contributed by atoms with E-state index in [1.807, 2.05) is 0 Å². The Balaban J connectivity index is 2.57. The smallest absolute Gasteiger partial charge is 0.374 e. The van der Waals surface area contributed by atoms with Crippen molar-refractivity contribution in [1.29, 1.82) is 0 Å². The van der Waals surface area contributed by atoms with Crippen molar-refractivity contribution in [3.05, 3.63) is 40.9 Å². The highest BCUT2D eigenvalue weighted by molar-refractivity contribution is 6.37. The van der Waals surface area contributed by atoms with E-state index in [1.54, 1.807) is 30.3 Å². The van der Waals surface area contributed by atoms with Crippen LogP contribution in [0.15, 0.2) is 30.3 Å². The van der Waals surface area contributed by atoms with Crippen LogP contribution in [-0.4, -0.2) is 24.6 Å². The number of allylic oxidation sites excluding steroid dienone is 1. The minimum atomic E-state index is -1.01. The van der Waals surface area contributed by atoms with Gasteiger partial charge in [-0.2, -0.15) is 0 Å². The predicted molar refractivity (Wildman–Crippen MR) is 67.1 cm³/mol. The number of carbonyl (C=O) groups is 3. The van der Waals surface area contributed by atoms with Gasteiger partial charge in [-0.3, -0.25) is 9.59 Å². The predicted octanol–water partition coefficient (Wildman–Crippen LogP) is 2.05. The molecule has 18 heavy (non-hydrogen) atoms. The molecule has 0 amide bonds. The summed E-state index contributed by atoms with van der Waals surface area (Å²) in [4.78, 5) is 33.3. The molecule has 1 rings (SSSR count). The summed E-state index contributed by atoms with van der Waals surface area (Å²) >= 11 is 5.71. The molecule has 0 saturated heterocycles. The van der Waals surface area contributed by atoms with Crippen LogP contribution in [0.2, 0.25) is 5.02 Å². The van der Waals surface area contributed by atoms with Gasteiger partial charge in [0.1, 0.15) is 0 Å². The molecule has 1 aromatic carbocycles. The fourth-order valence-corrected chi connectivity index (χ4v) is 1.29. The van der Waals surface area contributed by atoms with Gasteiger partial charge in [-0.15, -0.1) is 0 Å². The van der Waals surface area contributed by atoms with Crippen LogP contribution in [-0.2, 0) is 19.1 Å². The molecule has 0 N–H and O–H groups in total. The second-order valence-electron chi connectivity index (χ2n) is 3.44. The molecule has 0 bridgehead atoms. The Hall–Kier alpha value is -1.94. The summed E-state index contributed by atoms with van der Waals surface area (Å²) in [5, 5.41) is 0.597. The van der Waals surface area contributed by atoms with Crippen molar-refractivity contribution in [3.8, 4) is 0 Å². The minimum absolute atomic E-state index is 0.458. The monoisotopic (exact) mass is 266 g/mol. The van der Waals surface area contributed by atoms with Crippen LogP contribution >= 0.6 is 11.6 Å². The molecule has 94 valence electrons. The molecule has 0 saturated carbocycles. The highest BCUT2D eigenvalue weighted by atomic mass is 35.5. The standard InChI is InChI=1S/C13H11ClO4/c1-18-13(17)12(16)8-11(15)7-4-9-2-5-10(14)6-3-9/h2-7H,8H2,1H3/b7-4+. The summed E-state index contributed by atoms with van der Waals surface area (Å²) in [5.74, 6) is -2.33. The van der Waals surface area contributed by atoms with Crippen molar-refractivity contribution < 1.29 is 19.1 Å². The van der Waals surface area contributed by atoms with Gasteiger partial charge in [0.2, 0.25) is 5.78 Å². The maximum Gasteiger partial charge on any atom is 0.374 e. The van der Waals surface area contributed by atoms with Gasteiger partial charge in [-0.1, -0.05) is 29.8 Å². The zero-order valence-corrected chi connectivity index (χ0v) is 10.4. The van der Waals surface area contributed by atoms with E-state index < -0.39 is 24.0 Å². The number of benzene rings is 1. The normalized spacial score (nSPS) is 10.3. The number of Topliss-reactive ketones (excluding diaryl/α,β-unsaturated/α-hetero) is 1. The Morgan fingerprint density at radius 1 is 1.22 bits per heavy atom. The number of halogens is 1. The zero-order valence-electron chi connectivity index (χ0n) is 9.68. The Kier molecular flexibility index (Phi) is 5.27. The fourth-order valence-electron chi connectivity index (χ4n) is 1.17. The molecule has 0 spiro atoms. The third kappa shape index (κ3) is 4.51. The van der Waals surface area contributed by atoms with E-state index >= 15 is 0 Å². The van der Waals surface area contributed by atoms with E-state index in [2.05, 4.69) is 4.74 Å². The molecule has 0 atom stereocenters. The van der Waals surface area contributed by atoms with E-state index in [0.717, 1.165) is 12.7 Å². The molecule has 0 heterocycles. The van der Waals surface area contributed by atoms with E-state index in [0.29, 0.717) is 5.02 Å². The van der Waals surface area contributed by atoms with Crippen molar-refractivity contribution >= 4 is 35.2 Å². The summed E-state index contributed by atoms with van der Waals surface area (Å²) in [6, 6.07) is 6.83. The first kappa shape index (κ1) is 14.1. The van der Waals surface area contributed by atoms with Gasteiger partial charge in [0, 0.05) is 5.02 Å². The Bertz CT molecular complexity index is 488. The maximum absolute atomic E-state index is 11.4. The Morgan fingerprint density at radius 2 is 1.83 bits per heavy atom. The second kappa shape index (κ2) is 6.71. The van der Waals surface area contributed by atoms with E-state index in [1.165, 1.54) is 6.08 Å². The van der Waals surface area contributed by atoms with Crippen LogP contribution in [0.25, 0.3) is 6.08 Å². The molecule has 0 fully saturated rings. The second-order valence-corrected chi connectivity index (χ2v) is 3.88. The van der Waals surface area contributed by atoms with Gasteiger partial charge in [-0.05, 0) is 23.8 Å². The molecule has 0 aliphatic rings. The average molecular weight is 267 g/mol. The average Bonchev–Trinajstić information content (AvgIpc) is 2.37. The number of carbonyl (C=O) groups excluding carboxylic acids is 3. The molecule has 1 aromatic rings. The molecule has 0 aliphatic heterocycles. The third-order valence-corrected chi connectivity index (χ3v) is 2.33. The lowest BCUT2D eigenvalue weighted by Crippen LogP contribution is -2.18. The molecule has 5 heteroatoms. The van der Waals surface area contributed by atoms with Gasteiger partial charge >= 0.3 is 5.97 Å². The van der Waals surface area contributed by atoms with Crippen molar-refractivity contribution in [1.82, 2.24) is 0 Å². The van der Waals surface area contributed by atoms with Gasteiger partial charge in [0.25, 0.3) is 0 Å². The number of esters is 1. The minimum Gasteiger partial charge on any atom is -0.463 e. The van der Waals surface area contributed by atoms with Crippen molar-refractivity contribution in [2.24, 2.45) is 0 Å². The molecule has 0 aromatic heterocycles. The molecular weight excluding hydrogens is 256 g/mol. The number of ether oxygens (including phenoxy) is 1. The van der Waals surface area contributed by atoms with Crippen molar-refractivity contribution in [3.63, 3.8) is 0 Å². The van der Waals surface area contributed by atoms with E-state index in [9.17, 15) is 14.4 Å². The van der Waals surface area contributed by atoms with Crippen LogP contribution in [0, 0.1) is 0 Å². The molecular formula is C13H11ClO4. The first-order valence-corrected chi connectivity index (χ1v) is 5.48. The molecule has 4 nitrogen and oxygen atoms in total. The zero-order chi connectivity index (χ0) is 13.5. The summed E-state index contributed by atoms with van der Waals surface area (Å²) in [6.45, 7) is 0. The highest BCUT2D eigenvalue weighted by Crippen LogP contribution is 2.10. The van der Waals surface area contributed by atoms with Gasteiger partial charge < -0.3 is 4.74 Å². The summed E-state index contributed by atoms with van der Waals surface area (Å²) in [6.07, 6.45) is 2.30. The number of ketones is 2. The Labute approximate surface area is 109 Å². The van der Waals surface area contributed by atoms with Crippen LogP contribution in [0.3, 0.4) is 0 Å².